The van der Waals surface area contributed by atoms with Gasteiger partial charge in [0.1, 0.15) is 0 Å². The predicted molar refractivity (Wildman–Crippen MR) is 88.0 cm³/mol. The van der Waals surface area contributed by atoms with Crippen LogP contribution in [0.1, 0.15) is 32.8 Å². The highest BCUT2D eigenvalue weighted by Gasteiger charge is 2.10. The molecule has 2 amide bonds. The summed E-state index contributed by atoms with van der Waals surface area (Å²) in [5.74, 6) is 0. The fourth-order valence-corrected chi connectivity index (χ4v) is 2.98. The molecule has 2 aromatic rings. The highest BCUT2D eigenvalue weighted by molar-refractivity contribution is 7.11. The molecule has 0 aliphatic heterocycles. The minimum atomic E-state index is -0.714. The molecule has 6 heteroatoms. The van der Waals surface area contributed by atoms with Crippen LogP contribution in [0.2, 0.25) is 0 Å². The lowest BCUT2D eigenvalue weighted by Crippen LogP contribution is -2.37. The number of aromatic nitrogens is 1. The Bertz CT molecular complexity index is 655. The molecule has 1 aromatic carbocycles. The number of rotatable bonds is 5. The van der Waals surface area contributed by atoms with Gasteiger partial charge in [-0.25, -0.2) is 9.78 Å². The van der Waals surface area contributed by atoms with E-state index in [1.807, 2.05) is 45.0 Å². The van der Waals surface area contributed by atoms with Crippen LogP contribution in [0.5, 0.6) is 0 Å². The van der Waals surface area contributed by atoms with E-state index >= 15 is 0 Å². The molecule has 5 nitrogen and oxygen atoms in total. The molecular formula is C16H21N3O2S. The number of benzene rings is 1. The lowest BCUT2D eigenvalue weighted by Gasteiger charge is -2.13. The summed E-state index contributed by atoms with van der Waals surface area (Å²) in [6, 6.07) is 7.30. The first kappa shape index (κ1) is 16.5. The fourth-order valence-electron chi connectivity index (χ4n) is 2.15. The zero-order valence-corrected chi connectivity index (χ0v) is 13.8. The molecule has 118 valence electrons. The quantitative estimate of drug-likeness (QED) is 0.793. The lowest BCUT2D eigenvalue weighted by atomic mass is 10.1. The number of thiazole rings is 1. The summed E-state index contributed by atoms with van der Waals surface area (Å²) < 4.78 is 0. The van der Waals surface area contributed by atoms with E-state index in [0.29, 0.717) is 6.54 Å². The molecule has 0 spiro atoms. The maximum Gasteiger partial charge on any atom is 0.315 e. The number of nitrogens with one attached hydrogen (secondary N) is 2. The van der Waals surface area contributed by atoms with Gasteiger partial charge in [-0.1, -0.05) is 29.8 Å². The highest BCUT2D eigenvalue weighted by atomic mass is 32.1. The first-order chi connectivity index (χ1) is 10.5. The molecular weight excluding hydrogens is 298 g/mol. The Balaban J connectivity index is 1.79. The van der Waals surface area contributed by atoms with Crippen LogP contribution in [-0.4, -0.2) is 22.7 Å². The van der Waals surface area contributed by atoms with E-state index in [4.69, 9.17) is 0 Å². The monoisotopic (exact) mass is 319 g/mol. The summed E-state index contributed by atoms with van der Waals surface area (Å²) in [6.45, 7) is 6.46. The van der Waals surface area contributed by atoms with E-state index < -0.39 is 6.10 Å². The summed E-state index contributed by atoms with van der Waals surface area (Å²) >= 11 is 1.61. The van der Waals surface area contributed by atoms with Gasteiger partial charge < -0.3 is 15.7 Å². The molecule has 1 unspecified atom stereocenters. The Kier molecular flexibility index (Phi) is 5.51. The topological polar surface area (TPSA) is 74.2 Å². The van der Waals surface area contributed by atoms with E-state index in [1.54, 1.807) is 11.3 Å². The van der Waals surface area contributed by atoms with E-state index in [0.717, 1.165) is 26.7 Å². The Labute approximate surface area is 134 Å². The summed E-state index contributed by atoms with van der Waals surface area (Å²) in [4.78, 5) is 17.2. The van der Waals surface area contributed by atoms with Crippen molar-refractivity contribution in [3.63, 3.8) is 0 Å². The first-order valence-corrected chi connectivity index (χ1v) is 7.96. The van der Waals surface area contributed by atoms with Crippen LogP contribution in [0.4, 0.5) is 4.79 Å². The summed E-state index contributed by atoms with van der Waals surface area (Å²) in [7, 11) is 0. The molecule has 0 aliphatic carbocycles. The predicted octanol–water partition coefficient (Wildman–Crippen LogP) is 2.60. The Morgan fingerprint density at radius 2 is 2.09 bits per heavy atom. The number of hydrogen-bond donors (Lipinski definition) is 3. The van der Waals surface area contributed by atoms with Crippen molar-refractivity contribution in [3.05, 3.63) is 51.0 Å². The minimum Gasteiger partial charge on any atom is -0.387 e. The molecule has 1 heterocycles. The second-order valence-corrected chi connectivity index (χ2v) is 6.64. The Hall–Kier alpha value is -1.92. The van der Waals surface area contributed by atoms with Crippen molar-refractivity contribution >= 4 is 17.4 Å². The fraction of sp³-hybridized carbons (Fsp3) is 0.375. The number of aliphatic hydroxyl groups excluding tert-OH is 1. The van der Waals surface area contributed by atoms with Gasteiger partial charge in [-0.05, 0) is 26.3 Å². The Morgan fingerprint density at radius 3 is 2.73 bits per heavy atom. The van der Waals surface area contributed by atoms with E-state index in [2.05, 4.69) is 15.6 Å². The third kappa shape index (κ3) is 4.54. The molecule has 1 aromatic heterocycles. The van der Waals surface area contributed by atoms with Crippen molar-refractivity contribution in [2.45, 2.75) is 33.4 Å². The van der Waals surface area contributed by atoms with Crippen molar-refractivity contribution in [2.24, 2.45) is 0 Å². The van der Waals surface area contributed by atoms with Crippen molar-refractivity contribution in [3.8, 4) is 0 Å². The van der Waals surface area contributed by atoms with E-state index in [-0.39, 0.29) is 12.6 Å². The third-order valence-electron chi connectivity index (χ3n) is 3.30. The molecule has 0 saturated heterocycles. The van der Waals surface area contributed by atoms with Crippen LogP contribution in [0.25, 0.3) is 0 Å². The Morgan fingerprint density at radius 1 is 1.32 bits per heavy atom. The number of aryl methyl sites for hydroxylation is 3. The molecule has 0 aliphatic rings. The highest BCUT2D eigenvalue weighted by Crippen LogP contribution is 2.16. The zero-order valence-electron chi connectivity index (χ0n) is 13.0. The lowest BCUT2D eigenvalue weighted by molar-refractivity contribution is 0.173. The number of hydrogen-bond acceptors (Lipinski definition) is 4. The van der Waals surface area contributed by atoms with Gasteiger partial charge in [0, 0.05) is 11.4 Å². The molecule has 0 radical (unpaired) electrons. The molecule has 3 N–H and O–H groups in total. The van der Waals surface area contributed by atoms with Gasteiger partial charge in [-0.2, -0.15) is 0 Å². The van der Waals surface area contributed by atoms with Gasteiger partial charge in [0.2, 0.25) is 0 Å². The second kappa shape index (κ2) is 7.38. The normalized spacial score (nSPS) is 12.0. The largest absolute Gasteiger partial charge is 0.387 e. The van der Waals surface area contributed by atoms with Crippen molar-refractivity contribution in [1.29, 1.82) is 0 Å². The summed E-state index contributed by atoms with van der Waals surface area (Å²) in [6.07, 6.45) is -0.714. The van der Waals surface area contributed by atoms with Crippen molar-refractivity contribution < 1.29 is 9.90 Å². The number of nitrogens with zero attached hydrogens (tertiary/aromatic N) is 1. The zero-order chi connectivity index (χ0) is 16.1. The van der Waals surface area contributed by atoms with E-state index in [9.17, 15) is 9.90 Å². The SMILES string of the molecule is Cc1cccc(C(O)CNC(=O)NCc2nc(C)sc2C)c1. The third-order valence-corrected chi connectivity index (χ3v) is 4.23. The van der Waals surface area contributed by atoms with Gasteiger partial charge in [-0.3, -0.25) is 0 Å². The van der Waals surface area contributed by atoms with Gasteiger partial charge >= 0.3 is 6.03 Å². The smallest absolute Gasteiger partial charge is 0.315 e. The number of urea groups is 1. The van der Waals surface area contributed by atoms with Gasteiger partial charge in [0.25, 0.3) is 0 Å². The maximum absolute atomic E-state index is 11.8. The van der Waals surface area contributed by atoms with Crippen molar-refractivity contribution in [2.75, 3.05) is 6.54 Å². The average molecular weight is 319 g/mol. The van der Waals surface area contributed by atoms with Crippen LogP contribution in [0.3, 0.4) is 0 Å². The number of aliphatic hydroxyl groups is 1. The van der Waals surface area contributed by atoms with Crippen LogP contribution in [0, 0.1) is 20.8 Å². The maximum atomic E-state index is 11.8. The average Bonchev–Trinajstić information content (AvgIpc) is 2.80. The van der Waals surface area contributed by atoms with Gasteiger partial charge in [0.05, 0.1) is 23.4 Å². The number of amides is 2. The van der Waals surface area contributed by atoms with Gasteiger partial charge in [-0.15, -0.1) is 11.3 Å². The molecule has 0 fully saturated rings. The number of carbonyl (C=O) groups is 1. The molecule has 0 saturated carbocycles. The van der Waals surface area contributed by atoms with Crippen LogP contribution in [0.15, 0.2) is 24.3 Å². The molecule has 22 heavy (non-hydrogen) atoms. The van der Waals surface area contributed by atoms with Gasteiger partial charge in [0.15, 0.2) is 0 Å². The second-order valence-electron chi connectivity index (χ2n) is 5.23. The van der Waals surface area contributed by atoms with Crippen molar-refractivity contribution in [1.82, 2.24) is 15.6 Å². The summed E-state index contributed by atoms with van der Waals surface area (Å²) in [5, 5.41) is 16.5. The van der Waals surface area contributed by atoms with Crippen LogP contribution < -0.4 is 10.6 Å². The number of carbonyl (C=O) groups excluding carboxylic acids is 1. The van der Waals surface area contributed by atoms with Crippen LogP contribution >= 0.6 is 11.3 Å². The minimum absolute atomic E-state index is 0.171. The molecule has 1 atom stereocenters. The molecule has 2 rings (SSSR count). The van der Waals surface area contributed by atoms with E-state index in [1.165, 1.54) is 0 Å². The standard InChI is InChI=1S/C16H21N3O2S/c1-10-5-4-6-13(7-10)15(20)9-18-16(21)17-8-14-11(2)22-12(3)19-14/h4-7,15,20H,8-9H2,1-3H3,(H2,17,18,21). The molecule has 0 bridgehead atoms. The van der Waals surface area contributed by atoms with Crippen LogP contribution in [-0.2, 0) is 6.54 Å². The first-order valence-electron chi connectivity index (χ1n) is 7.15. The summed E-state index contributed by atoms with van der Waals surface area (Å²) in [5.41, 5.74) is 2.76.